The lowest BCUT2D eigenvalue weighted by atomic mass is 10.4. The number of aromatic nitrogens is 13. The molecule has 0 fully saturated rings. The smallest absolute Gasteiger partial charge is 0.394 e. The normalized spacial score (nSPS) is 9.49. The molecule has 5 rings (SSSR count). The third kappa shape index (κ3) is 15.2. The highest BCUT2D eigenvalue weighted by atomic mass is 19.2. The fourth-order valence-electron chi connectivity index (χ4n) is 2.54. The Balaban J connectivity index is 0.000000333. The second-order valence-corrected chi connectivity index (χ2v) is 8.51. The Labute approximate surface area is 288 Å². The molecule has 0 aromatic carbocycles. The number of nitrogens with zero attached hydrogens (tertiary/aromatic N) is 17. The molecular weight excluding hydrogens is 742 g/mol. The van der Waals surface area contributed by atoms with E-state index in [1.165, 1.54) is 20.8 Å². The highest BCUT2D eigenvalue weighted by Crippen LogP contribution is 2.09. The van der Waals surface area contributed by atoms with Crippen molar-refractivity contribution in [3.63, 3.8) is 0 Å². The third-order valence-electron chi connectivity index (χ3n) is 4.56. The van der Waals surface area contributed by atoms with Crippen LogP contribution in [0, 0.1) is 121 Å². The van der Waals surface area contributed by atoms with E-state index in [1.807, 2.05) is 0 Å². The largest absolute Gasteiger partial charge is 0.478 e. The summed E-state index contributed by atoms with van der Waals surface area (Å²) < 4.78 is 96.4. The van der Waals surface area contributed by atoms with Crippen LogP contribution in [-0.2, 0) is 0 Å². The van der Waals surface area contributed by atoms with Gasteiger partial charge >= 0.3 is 36.1 Å². The zero-order chi connectivity index (χ0) is 40.6. The Bertz CT molecular complexity index is 1990. The predicted octanol–water partition coefficient (Wildman–Crippen LogP) is 3.46. The minimum absolute atomic E-state index is 0.0106. The molecule has 0 radical (unpaired) electrons. The van der Waals surface area contributed by atoms with Crippen molar-refractivity contribution in [3.05, 3.63) is 114 Å². The Morgan fingerprint density at radius 1 is 0.547 bits per heavy atom. The van der Waals surface area contributed by atoms with E-state index < -0.39 is 69.6 Å². The summed E-state index contributed by atoms with van der Waals surface area (Å²) in [5, 5.41) is 28.7. The zero-order valence-electron chi connectivity index (χ0n) is 26.8. The summed E-state index contributed by atoms with van der Waals surface area (Å²) >= 11 is 0. The van der Waals surface area contributed by atoms with E-state index in [2.05, 4.69) is 69.6 Å². The fourth-order valence-corrected chi connectivity index (χ4v) is 2.54. The Kier molecular flexibility index (Phi) is 16.5. The number of halogens is 8. The van der Waals surface area contributed by atoms with Crippen LogP contribution in [0.3, 0.4) is 0 Å². The van der Waals surface area contributed by atoms with Gasteiger partial charge in [0.15, 0.2) is 11.9 Å². The SMILES string of the molecule is Cc1c(F)nc(F)nc1F.Cc1nc(F)c(F)c(F)n1.Cc1nc(F)nc(F)n1.Cc1nc([N+](=O)[O-])nc([N+](=O)[O-])n1.[C-]#[N+]c1nc(C)nc(C#N)n1. The van der Waals surface area contributed by atoms with Gasteiger partial charge in [-0.3, -0.25) is 0 Å². The molecule has 29 heteroatoms. The van der Waals surface area contributed by atoms with E-state index in [9.17, 15) is 55.4 Å². The molecular formula is C24H15F8N17O4. The van der Waals surface area contributed by atoms with Crippen LogP contribution < -0.4 is 0 Å². The van der Waals surface area contributed by atoms with Crippen molar-refractivity contribution in [1.29, 1.82) is 5.26 Å². The predicted molar refractivity (Wildman–Crippen MR) is 151 cm³/mol. The molecule has 21 nitrogen and oxygen atoms in total. The van der Waals surface area contributed by atoms with Gasteiger partial charge in [0.25, 0.3) is 23.5 Å². The molecule has 0 saturated heterocycles. The Morgan fingerprint density at radius 2 is 0.943 bits per heavy atom. The lowest BCUT2D eigenvalue weighted by molar-refractivity contribution is -0.409. The molecule has 0 N–H and O–H groups in total. The topological polar surface area (TPSA) is 282 Å². The van der Waals surface area contributed by atoms with E-state index in [1.54, 1.807) is 13.0 Å². The quantitative estimate of drug-likeness (QED) is 0.0622. The minimum atomic E-state index is -1.63. The number of nitro groups is 2. The number of nitriles is 1. The van der Waals surface area contributed by atoms with Gasteiger partial charge in [-0.2, -0.15) is 70.3 Å². The van der Waals surface area contributed by atoms with Crippen molar-refractivity contribution >= 4 is 17.8 Å². The van der Waals surface area contributed by atoms with Gasteiger partial charge in [0, 0.05) is 18.8 Å². The van der Waals surface area contributed by atoms with Crippen molar-refractivity contribution in [2.75, 3.05) is 0 Å². The van der Waals surface area contributed by atoms with Crippen molar-refractivity contribution < 1.29 is 45.0 Å². The van der Waals surface area contributed by atoms with Crippen LogP contribution in [0.15, 0.2) is 0 Å². The average molecular weight is 757 g/mol. The van der Waals surface area contributed by atoms with Gasteiger partial charge in [0.1, 0.15) is 11.6 Å². The summed E-state index contributed by atoms with van der Waals surface area (Å²) in [5.41, 5.74) is -0.374. The van der Waals surface area contributed by atoms with Crippen LogP contribution in [0.4, 0.5) is 53.0 Å². The standard InChI is InChI=1S/C6H3N5.2C5H3F3N2.C4H3F2N3.C4H3N5O4/c1-4-9-5(3-7)11-6(8-2)10-4;1-2-9-4(7)3(6)5(8)10-2;1-2-3(6)9-5(8)10-4(2)7;1-2-7-3(5)9-4(6)8-2;1-2-5-3(8(10)11)7-4(6-2)9(12)13/h1H3;2*1H3;1H3;1H3. The van der Waals surface area contributed by atoms with Crippen LogP contribution in [0.5, 0.6) is 0 Å². The maximum atomic E-state index is 12.2. The molecule has 5 aromatic rings. The van der Waals surface area contributed by atoms with Gasteiger partial charge in [-0.25, -0.2) is 9.97 Å². The van der Waals surface area contributed by atoms with Crippen LogP contribution in [0.2, 0.25) is 0 Å². The summed E-state index contributed by atoms with van der Waals surface area (Å²) in [6.45, 7) is 13.3. The molecule has 0 spiro atoms. The van der Waals surface area contributed by atoms with E-state index >= 15 is 0 Å². The number of rotatable bonds is 2. The lowest BCUT2D eigenvalue weighted by Crippen LogP contribution is -2.04. The van der Waals surface area contributed by atoms with E-state index in [0.717, 1.165) is 6.92 Å². The summed E-state index contributed by atoms with van der Waals surface area (Å²) in [7, 11) is 0. The summed E-state index contributed by atoms with van der Waals surface area (Å²) in [4.78, 5) is 62.0. The van der Waals surface area contributed by atoms with Gasteiger partial charge in [-0.15, -0.1) is 16.5 Å². The monoisotopic (exact) mass is 757 g/mol. The Hall–Kier alpha value is -7.59. The van der Waals surface area contributed by atoms with Crippen molar-refractivity contribution in [2.24, 2.45) is 0 Å². The first kappa shape index (κ1) is 43.4. The molecule has 0 atom stereocenters. The van der Waals surface area contributed by atoms with Gasteiger partial charge in [-0.05, 0) is 40.6 Å². The molecule has 5 aromatic heterocycles. The Morgan fingerprint density at radius 3 is 1.34 bits per heavy atom. The summed E-state index contributed by atoms with van der Waals surface area (Å²) in [6, 6.07) is 1.74. The zero-order valence-corrected chi connectivity index (χ0v) is 26.8. The molecule has 0 aliphatic rings. The van der Waals surface area contributed by atoms with Crippen LogP contribution >= 0.6 is 0 Å². The van der Waals surface area contributed by atoms with Crippen LogP contribution in [0.25, 0.3) is 4.85 Å². The molecule has 0 aliphatic carbocycles. The molecule has 53 heavy (non-hydrogen) atoms. The average Bonchev–Trinajstić information content (AvgIpc) is 3.06. The van der Waals surface area contributed by atoms with Crippen LogP contribution in [-0.4, -0.2) is 74.6 Å². The number of aryl methyl sites for hydroxylation is 4. The molecule has 0 aliphatic heterocycles. The fraction of sp³-hybridized carbons (Fsp3) is 0.208. The maximum Gasteiger partial charge on any atom is 0.478 e. The van der Waals surface area contributed by atoms with Crippen molar-refractivity contribution in [3.8, 4) is 6.07 Å². The molecule has 5 heterocycles. The van der Waals surface area contributed by atoms with E-state index in [-0.39, 0.29) is 34.8 Å². The third-order valence-corrected chi connectivity index (χ3v) is 4.56. The molecule has 0 amide bonds. The second kappa shape index (κ2) is 20.2. The van der Waals surface area contributed by atoms with E-state index in [4.69, 9.17) is 11.8 Å². The lowest BCUT2D eigenvalue weighted by Gasteiger charge is -1.94. The number of hydrogen-bond acceptors (Lipinski definition) is 18. The van der Waals surface area contributed by atoms with Crippen LogP contribution in [0.1, 0.15) is 34.7 Å². The molecule has 276 valence electrons. The van der Waals surface area contributed by atoms with Gasteiger partial charge in [-0.1, -0.05) is 0 Å². The number of hydrogen-bond donors (Lipinski definition) is 0. The maximum absolute atomic E-state index is 12.2. The first-order valence-corrected chi connectivity index (χ1v) is 12.9. The minimum Gasteiger partial charge on any atom is -0.394 e. The first-order valence-electron chi connectivity index (χ1n) is 12.9. The van der Waals surface area contributed by atoms with Crippen molar-refractivity contribution in [2.45, 2.75) is 34.6 Å². The van der Waals surface area contributed by atoms with Crippen molar-refractivity contribution in [1.82, 2.24) is 64.8 Å². The molecule has 0 saturated carbocycles. The van der Waals surface area contributed by atoms with Gasteiger partial charge in [0.2, 0.25) is 17.7 Å². The molecule has 0 unspecified atom stereocenters. The highest BCUT2D eigenvalue weighted by Gasteiger charge is 2.21. The van der Waals surface area contributed by atoms with Gasteiger partial charge < -0.3 is 25.1 Å². The highest BCUT2D eigenvalue weighted by molar-refractivity contribution is 5.27. The summed E-state index contributed by atoms with van der Waals surface area (Å²) in [5.74, 6) is -8.31. The van der Waals surface area contributed by atoms with E-state index in [0.29, 0.717) is 5.82 Å². The van der Waals surface area contributed by atoms with Gasteiger partial charge in [0.05, 0.1) is 5.56 Å². The molecule has 0 bridgehead atoms. The summed E-state index contributed by atoms with van der Waals surface area (Å²) in [6.07, 6.45) is -3.56. The first-order chi connectivity index (χ1) is 24.7. The second-order valence-electron chi connectivity index (χ2n) is 8.51.